The van der Waals surface area contributed by atoms with Crippen molar-refractivity contribution in [2.75, 3.05) is 13.1 Å². The lowest BCUT2D eigenvalue weighted by Gasteiger charge is -2.28. The molecular formula is C15H20ClF3N2O2. The highest BCUT2D eigenvalue weighted by atomic mass is 35.5. The Morgan fingerprint density at radius 2 is 2.00 bits per heavy atom. The molecule has 130 valence electrons. The van der Waals surface area contributed by atoms with Crippen molar-refractivity contribution in [2.24, 2.45) is 5.92 Å². The molecule has 0 aliphatic carbocycles. The second-order valence-corrected chi connectivity index (χ2v) is 5.44. The van der Waals surface area contributed by atoms with Crippen LogP contribution in [0.3, 0.4) is 0 Å². The predicted molar refractivity (Wildman–Crippen MR) is 82.9 cm³/mol. The van der Waals surface area contributed by atoms with Gasteiger partial charge in [-0.2, -0.15) is 0 Å². The van der Waals surface area contributed by atoms with E-state index in [-0.39, 0.29) is 30.1 Å². The lowest BCUT2D eigenvalue weighted by atomic mass is 9.92. The Morgan fingerprint density at radius 1 is 1.35 bits per heavy atom. The molecule has 1 aromatic carbocycles. The van der Waals surface area contributed by atoms with Gasteiger partial charge in [0.1, 0.15) is 5.75 Å². The van der Waals surface area contributed by atoms with Crippen LogP contribution < -0.4 is 15.4 Å². The van der Waals surface area contributed by atoms with Gasteiger partial charge < -0.3 is 15.4 Å². The quantitative estimate of drug-likeness (QED) is 0.875. The van der Waals surface area contributed by atoms with Gasteiger partial charge in [-0.3, -0.25) is 4.79 Å². The van der Waals surface area contributed by atoms with Crippen LogP contribution in [0.4, 0.5) is 13.2 Å². The van der Waals surface area contributed by atoms with Crippen LogP contribution in [0.25, 0.3) is 0 Å². The number of halogens is 4. The number of hydrogen-bond donors (Lipinski definition) is 2. The Kier molecular flexibility index (Phi) is 7.15. The molecule has 0 aromatic heterocycles. The van der Waals surface area contributed by atoms with Crippen molar-refractivity contribution >= 4 is 18.3 Å². The van der Waals surface area contributed by atoms with Gasteiger partial charge in [0.05, 0.1) is 0 Å². The molecule has 1 saturated heterocycles. The van der Waals surface area contributed by atoms with Crippen molar-refractivity contribution in [3.63, 3.8) is 0 Å². The number of carbonyl (C=O) groups is 1. The van der Waals surface area contributed by atoms with Crippen LogP contribution in [0.15, 0.2) is 24.3 Å². The van der Waals surface area contributed by atoms with Crippen molar-refractivity contribution in [3.05, 3.63) is 29.8 Å². The second-order valence-electron chi connectivity index (χ2n) is 5.44. The number of benzene rings is 1. The molecule has 0 spiro atoms. The number of carbonyl (C=O) groups excluding carboxylic acids is 1. The fraction of sp³-hybridized carbons (Fsp3) is 0.533. The van der Waals surface area contributed by atoms with E-state index < -0.39 is 6.36 Å². The molecule has 8 heteroatoms. The van der Waals surface area contributed by atoms with E-state index in [2.05, 4.69) is 15.4 Å². The van der Waals surface area contributed by atoms with Crippen LogP contribution >= 0.6 is 12.4 Å². The number of amides is 1. The van der Waals surface area contributed by atoms with Gasteiger partial charge in [-0.1, -0.05) is 0 Å². The summed E-state index contributed by atoms with van der Waals surface area (Å²) in [6, 6.07) is 4.92. The zero-order valence-electron chi connectivity index (χ0n) is 12.7. The summed E-state index contributed by atoms with van der Waals surface area (Å²) < 4.78 is 40.0. The van der Waals surface area contributed by atoms with Crippen LogP contribution in [0.1, 0.15) is 30.1 Å². The zero-order chi connectivity index (χ0) is 16.2. The summed E-state index contributed by atoms with van der Waals surface area (Å²) in [7, 11) is 0. The van der Waals surface area contributed by atoms with E-state index in [1.165, 1.54) is 12.1 Å². The topological polar surface area (TPSA) is 50.4 Å². The van der Waals surface area contributed by atoms with Gasteiger partial charge >= 0.3 is 6.36 Å². The molecule has 1 fully saturated rings. The first-order chi connectivity index (χ1) is 10.3. The van der Waals surface area contributed by atoms with Gasteiger partial charge in [-0.05, 0) is 63.0 Å². The van der Waals surface area contributed by atoms with E-state index >= 15 is 0 Å². The monoisotopic (exact) mass is 352 g/mol. The van der Waals surface area contributed by atoms with Crippen molar-refractivity contribution in [1.82, 2.24) is 10.6 Å². The lowest BCUT2D eigenvalue weighted by Crippen LogP contribution is -2.44. The van der Waals surface area contributed by atoms with Crippen LogP contribution in [0, 0.1) is 5.92 Å². The molecule has 1 aliphatic heterocycles. The number of rotatable bonds is 4. The standard InChI is InChI=1S/C15H19F3N2O2.ClH/c1-10(12-3-2-8-19-9-12)20-14(21)11-4-6-13(7-5-11)22-15(16,17)18;/h4-7,10,12,19H,2-3,8-9H2,1H3,(H,20,21);1H. The summed E-state index contributed by atoms with van der Waals surface area (Å²) in [5, 5.41) is 6.18. The largest absolute Gasteiger partial charge is 0.573 e. The Hall–Kier alpha value is -1.47. The summed E-state index contributed by atoms with van der Waals surface area (Å²) in [6.07, 6.45) is -2.60. The summed E-state index contributed by atoms with van der Waals surface area (Å²) in [6.45, 7) is 3.80. The molecule has 0 radical (unpaired) electrons. The molecule has 2 atom stereocenters. The van der Waals surface area contributed by atoms with E-state index in [0.29, 0.717) is 11.5 Å². The van der Waals surface area contributed by atoms with E-state index in [1.54, 1.807) is 0 Å². The molecule has 1 aliphatic rings. The van der Waals surface area contributed by atoms with Gasteiger partial charge in [0, 0.05) is 11.6 Å². The minimum atomic E-state index is -4.73. The van der Waals surface area contributed by atoms with E-state index in [1.807, 2.05) is 6.92 Å². The maximum absolute atomic E-state index is 12.1. The molecule has 1 aromatic rings. The van der Waals surface area contributed by atoms with E-state index in [0.717, 1.165) is 38.1 Å². The molecule has 1 heterocycles. The molecule has 2 rings (SSSR count). The van der Waals surface area contributed by atoms with Crippen LogP contribution in [0.2, 0.25) is 0 Å². The third-order valence-electron chi connectivity index (χ3n) is 3.75. The molecule has 2 N–H and O–H groups in total. The Bertz CT molecular complexity index is 502. The average molecular weight is 353 g/mol. The van der Waals surface area contributed by atoms with Gasteiger partial charge in [-0.25, -0.2) is 0 Å². The second kappa shape index (κ2) is 8.40. The molecule has 1 amide bonds. The van der Waals surface area contributed by atoms with E-state index in [4.69, 9.17) is 0 Å². The Balaban J connectivity index is 0.00000264. The van der Waals surface area contributed by atoms with Crippen molar-refractivity contribution in [3.8, 4) is 5.75 Å². The molecule has 4 nitrogen and oxygen atoms in total. The molecule has 23 heavy (non-hydrogen) atoms. The maximum atomic E-state index is 12.1. The Morgan fingerprint density at radius 3 is 2.52 bits per heavy atom. The summed E-state index contributed by atoms with van der Waals surface area (Å²) in [5.41, 5.74) is 0.310. The number of ether oxygens (including phenoxy) is 1. The summed E-state index contributed by atoms with van der Waals surface area (Å²) in [5.74, 6) is -0.268. The predicted octanol–water partition coefficient (Wildman–Crippen LogP) is 3.12. The highest BCUT2D eigenvalue weighted by molar-refractivity contribution is 5.94. The van der Waals surface area contributed by atoms with Gasteiger partial charge in [0.15, 0.2) is 0 Å². The molecule has 0 saturated carbocycles. The van der Waals surface area contributed by atoms with Crippen LogP contribution in [-0.4, -0.2) is 31.4 Å². The van der Waals surface area contributed by atoms with Gasteiger partial charge in [-0.15, -0.1) is 25.6 Å². The lowest BCUT2D eigenvalue weighted by molar-refractivity contribution is -0.274. The first-order valence-electron chi connectivity index (χ1n) is 7.22. The molecular weight excluding hydrogens is 333 g/mol. The highest BCUT2D eigenvalue weighted by Crippen LogP contribution is 2.23. The first kappa shape index (κ1) is 19.6. The highest BCUT2D eigenvalue weighted by Gasteiger charge is 2.31. The number of nitrogens with one attached hydrogen (secondary N) is 2. The first-order valence-corrected chi connectivity index (χ1v) is 7.22. The zero-order valence-corrected chi connectivity index (χ0v) is 13.5. The van der Waals surface area contributed by atoms with Gasteiger partial charge in [0.2, 0.25) is 0 Å². The number of alkyl halides is 3. The normalized spacial score (nSPS) is 19.4. The fourth-order valence-corrected chi connectivity index (χ4v) is 2.52. The van der Waals surface area contributed by atoms with Crippen molar-refractivity contribution in [2.45, 2.75) is 32.2 Å². The summed E-state index contributed by atoms with van der Waals surface area (Å²) in [4.78, 5) is 12.1. The SMILES string of the molecule is CC(NC(=O)c1ccc(OC(F)(F)F)cc1)C1CCCNC1.Cl. The minimum Gasteiger partial charge on any atom is -0.406 e. The average Bonchev–Trinajstić information content (AvgIpc) is 2.47. The van der Waals surface area contributed by atoms with Crippen LogP contribution in [-0.2, 0) is 0 Å². The Labute approximate surface area is 139 Å². The third-order valence-corrected chi connectivity index (χ3v) is 3.75. The van der Waals surface area contributed by atoms with Crippen molar-refractivity contribution in [1.29, 1.82) is 0 Å². The smallest absolute Gasteiger partial charge is 0.406 e. The minimum absolute atomic E-state index is 0. The fourth-order valence-electron chi connectivity index (χ4n) is 2.52. The van der Waals surface area contributed by atoms with Gasteiger partial charge in [0.25, 0.3) is 5.91 Å². The molecule has 0 bridgehead atoms. The van der Waals surface area contributed by atoms with Crippen LogP contribution in [0.5, 0.6) is 5.75 Å². The van der Waals surface area contributed by atoms with Crippen molar-refractivity contribution < 1.29 is 22.7 Å². The molecule has 2 unspecified atom stereocenters. The number of hydrogen-bond acceptors (Lipinski definition) is 3. The maximum Gasteiger partial charge on any atom is 0.573 e. The number of piperidine rings is 1. The summed E-state index contributed by atoms with van der Waals surface area (Å²) >= 11 is 0. The third kappa shape index (κ3) is 6.27. The van der Waals surface area contributed by atoms with E-state index in [9.17, 15) is 18.0 Å².